The highest BCUT2D eigenvalue weighted by atomic mass is 32.2. The highest BCUT2D eigenvalue weighted by Gasteiger charge is 2.30. The van der Waals surface area contributed by atoms with Gasteiger partial charge in [-0.05, 0) is 31.6 Å². The van der Waals surface area contributed by atoms with Crippen LogP contribution in [0.25, 0.3) is 0 Å². The normalized spacial score (nSPS) is 21.6. The summed E-state index contributed by atoms with van der Waals surface area (Å²) in [6.45, 7) is 2.73. The number of nitrogens with zero attached hydrogens (tertiary/aromatic N) is 2. The molecule has 2 rings (SSSR count). The molecule has 20 heavy (non-hydrogen) atoms. The Labute approximate surface area is 120 Å². The summed E-state index contributed by atoms with van der Waals surface area (Å²) < 4.78 is 0.0651. The lowest BCUT2D eigenvalue weighted by atomic mass is 10.1. The smallest absolute Gasteiger partial charge is 0.299 e. The van der Waals surface area contributed by atoms with Crippen LogP contribution in [0.5, 0.6) is 0 Å². The van der Waals surface area contributed by atoms with Crippen molar-refractivity contribution in [2.75, 3.05) is 17.6 Å². The zero-order chi connectivity index (χ0) is 14.8. The van der Waals surface area contributed by atoms with E-state index in [1.807, 2.05) is 11.8 Å². The van der Waals surface area contributed by atoms with E-state index < -0.39 is 9.85 Å². The first-order valence-electron chi connectivity index (χ1n) is 6.22. The standard InChI is InChI=1S/C12H15N3O4S/c1-12(5-2-6-20-12)8-13-10-4-3-9(14(16)17)7-11(10)15(18)19/h3-4,7,13H,2,5-6,8H2,1H3. The van der Waals surface area contributed by atoms with Gasteiger partial charge in [0.05, 0.1) is 15.9 Å². The molecule has 1 aliphatic heterocycles. The van der Waals surface area contributed by atoms with E-state index in [2.05, 4.69) is 12.2 Å². The quantitative estimate of drug-likeness (QED) is 0.662. The number of hydrogen-bond acceptors (Lipinski definition) is 6. The Hall–Kier alpha value is -1.83. The van der Waals surface area contributed by atoms with Crippen LogP contribution >= 0.6 is 11.8 Å². The third kappa shape index (κ3) is 3.19. The maximum absolute atomic E-state index is 11.0. The monoisotopic (exact) mass is 297 g/mol. The average Bonchev–Trinajstić information content (AvgIpc) is 2.83. The van der Waals surface area contributed by atoms with Crippen LogP contribution in [0.1, 0.15) is 19.8 Å². The largest absolute Gasteiger partial charge is 0.378 e. The van der Waals surface area contributed by atoms with Crippen molar-refractivity contribution in [2.45, 2.75) is 24.5 Å². The summed E-state index contributed by atoms with van der Waals surface area (Å²) in [6, 6.07) is 3.67. The summed E-state index contributed by atoms with van der Waals surface area (Å²) in [4.78, 5) is 20.4. The Kier molecular flexibility index (Phi) is 4.12. The third-order valence-corrected chi connectivity index (χ3v) is 4.88. The molecule has 1 heterocycles. The molecule has 1 fully saturated rings. The first-order valence-corrected chi connectivity index (χ1v) is 7.20. The molecule has 1 saturated heterocycles. The second-order valence-electron chi connectivity index (χ2n) is 4.97. The van der Waals surface area contributed by atoms with Gasteiger partial charge in [-0.3, -0.25) is 20.2 Å². The Balaban J connectivity index is 2.18. The number of rotatable bonds is 5. The van der Waals surface area contributed by atoms with Crippen LogP contribution in [0.15, 0.2) is 18.2 Å². The van der Waals surface area contributed by atoms with E-state index in [4.69, 9.17) is 0 Å². The fourth-order valence-electron chi connectivity index (χ4n) is 2.19. The summed E-state index contributed by atoms with van der Waals surface area (Å²) in [6.07, 6.45) is 2.21. The van der Waals surface area contributed by atoms with Crippen LogP contribution in [0, 0.1) is 20.2 Å². The molecule has 1 N–H and O–H groups in total. The van der Waals surface area contributed by atoms with E-state index in [1.165, 1.54) is 12.1 Å². The van der Waals surface area contributed by atoms with Gasteiger partial charge in [0.25, 0.3) is 11.4 Å². The first kappa shape index (κ1) is 14.6. The van der Waals surface area contributed by atoms with E-state index in [1.54, 1.807) is 0 Å². The second-order valence-corrected chi connectivity index (χ2v) is 6.65. The molecule has 7 nitrogen and oxygen atoms in total. The van der Waals surface area contributed by atoms with Crippen molar-refractivity contribution in [1.29, 1.82) is 0 Å². The number of thioether (sulfide) groups is 1. The van der Waals surface area contributed by atoms with Crippen LogP contribution in [0.3, 0.4) is 0 Å². The molecule has 1 unspecified atom stereocenters. The fraction of sp³-hybridized carbons (Fsp3) is 0.500. The first-order chi connectivity index (χ1) is 9.41. The number of nitro benzene ring substituents is 2. The Morgan fingerprint density at radius 2 is 2.10 bits per heavy atom. The Morgan fingerprint density at radius 1 is 1.35 bits per heavy atom. The summed E-state index contributed by atoms with van der Waals surface area (Å²) in [5.74, 6) is 1.10. The lowest BCUT2D eigenvalue weighted by molar-refractivity contribution is -0.393. The zero-order valence-electron chi connectivity index (χ0n) is 11.0. The molecule has 108 valence electrons. The predicted octanol–water partition coefficient (Wildman–Crippen LogP) is 3.20. The molecular formula is C12H15N3O4S. The van der Waals surface area contributed by atoms with Crippen molar-refractivity contribution < 1.29 is 9.85 Å². The minimum absolute atomic E-state index is 0.0651. The highest BCUT2D eigenvalue weighted by Crippen LogP contribution is 2.38. The van der Waals surface area contributed by atoms with Gasteiger partial charge >= 0.3 is 0 Å². The summed E-state index contributed by atoms with van der Waals surface area (Å²) in [7, 11) is 0. The fourth-order valence-corrected chi connectivity index (χ4v) is 3.44. The molecule has 0 aromatic heterocycles. The van der Waals surface area contributed by atoms with E-state index >= 15 is 0 Å². The van der Waals surface area contributed by atoms with E-state index in [-0.39, 0.29) is 16.1 Å². The Bertz CT molecular complexity index is 544. The molecule has 8 heteroatoms. The number of nitro groups is 2. The van der Waals surface area contributed by atoms with Gasteiger partial charge in [-0.2, -0.15) is 11.8 Å². The minimum Gasteiger partial charge on any atom is -0.378 e. The summed E-state index contributed by atoms with van der Waals surface area (Å²) in [5.41, 5.74) is -0.205. The van der Waals surface area contributed by atoms with Gasteiger partial charge in [-0.1, -0.05) is 0 Å². The summed E-state index contributed by atoms with van der Waals surface area (Å²) in [5, 5.41) is 24.7. The van der Waals surface area contributed by atoms with E-state index in [0.29, 0.717) is 12.2 Å². The van der Waals surface area contributed by atoms with Gasteiger partial charge in [-0.25, -0.2) is 0 Å². The highest BCUT2D eigenvalue weighted by molar-refractivity contribution is 8.00. The van der Waals surface area contributed by atoms with Crippen LogP contribution in [0.4, 0.5) is 17.1 Å². The molecule has 1 atom stereocenters. The van der Waals surface area contributed by atoms with Crippen LogP contribution in [-0.2, 0) is 0 Å². The van der Waals surface area contributed by atoms with Gasteiger partial charge < -0.3 is 5.32 Å². The van der Waals surface area contributed by atoms with Gasteiger partial charge in [0.1, 0.15) is 5.69 Å². The minimum atomic E-state index is -0.634. The van der Waals surface area contributed by atoms with Crippen molar-refractivity contribution in [2.24, 2.45) is 0 Å². The van der Waals surface area contributed by atoms with Crippen molar-refractivity contribution in [3.05, 3.63) is 38.4 Å². The molecule has 0 radical (unpaired) electrons. The molecule has 0 saturated carbocycles. The molecule has 1 aliphatic rings. The van der Waals surface area contributed by atoms with Crippen molar-refractivity contribution in [3.8, 4) is 0 Å². The lowest BCUT2D eigenvalue weighted by Gasteiger charge is -2.23. The SMILES string of the molecule is CC1(CNc2ccc([N+](=O)[O-])cc2[N+](=O)[O-])CCCS1. The number of nitrogens with one attached hydrogen (secondary N) is 1. The maximum atomic E-state index is 11.0. The van der Waals surface area contributed by atoms with Crippen LogP contribution in [0.2, 0.25) is 0 Å². The van der Waals surface area contributed by atoms with Crippen LogP contribution < -0.4 is 5.32 Å². The van der Waals surface area contributed by atoms with Gasteiger partial charge in [-0.15, -0.1) is 0 Å². The van der Waals surface area contributed by atoms with Crippen molar-refractivity contribution in [3.63, 3.8) is 0 Å². The average molecular weight is 297 g/mol. The van der Waals surface area contributed by atoms with E-state index in [0.717, 1.165) is 24.7 Å². The number of anilines is 1. The molecule has 0 aliphatic carbocycles. The number of hydrogen-bond donors (Lipinski definition) is 1. The number of benzene rings is 1. The Morgan fingerprint density at radius 3 is 2.65 bits per heavy atom. The summed E-state index contributed by atoms with van der Waals surface area (Å²) >= 11 is 1.85. The molecule has 1 aromatic rings. The topological polar surface area (TPSA) is 98.3 Å². The molecule has 0 amide bonds. The van der Waals surface area contributed by atoms with E-state index in [9.17, 15) is 20.2 Å². The molecule has 0 bridgehead atoms. The van der Waals surface area contributed by atoms with Gasteiger partial charge in [0.2, 0.25) is 0 Å². The van der Waals surface area contributed by atoms with Crippen molar-refractivity contribution >= 4 is 28.8 Å². The maximum Gasteiger partial charge on any atom is 0.299 e. The zero-order valence-corrected chi connectivity index (χ0v) is 11.8. The second kappa shape index (κ2) is 5.66. The van der Waals surface area contributed by atoms with Gasteiger partial charge in [0.15, 0.2) is 0 Å². The van der Waals surface area contributed by atoms with Crippen molar-refractivity contribution in [1.82, 2.24) is 0 Å². The lowest BCUT2D eigenvalue weighted by Crippen LogP contribution is -2.27. The molecule has 1 aromatic carbocycles. The van der Waals surface area contributed by atoms with Crippen LogP contribution in [-0.4, -0.2) is 26.9 Å². The predicted molar refractivity (Wildman–Crippen MR) is 78.3 cm³/mol. The molecular weight excluding hydrogens is 282 g/mol. The third-order valence-electron chi connectivity index (χ3n) is 3.34. The molecule has 0 spiro atoms. The number of non-ortho nitro benzene ring substituents is 1. The van der Waals surface area contributed by atoms with Gasteiger partial charge in [0, 0.05) is 17.4 Å².